The summed E-state index contributed by atoms with van der Waals surface area (Å²) in [5.41, 5.74) is 2.20. The van der Waals surface area contributed by atoms with Crippen molar-refractivity contribution in [3.63, 3.8) is 0 Å². The summed E-state index contributed by atoms with van der Waals surface area (Å²) in [5, 5.41) is 27.5. The summed E-state index contributed by atoms with van der Waals surface area (Å²) >= 11 is 1.22. The summed E-state index contributed by atoms with van der Waals surface area (Å²) in [5.74, 6) is 1.06. The highest BCUT2D eigenvalue weighted by molar-refractivity contribution is 7.16. The first-order chi connectivity index (χ1) is 14.9. The molecule has 2 bridgehead atoms. The summed E-state index contributed by atoms with van der Waals surface area (Å²) in [6.07, 6.45) is 1.65. The van der Waals surface area contributed by atoms with Crippen molar-refractivity contribution in [2.45, 2.75) is 58.0 Å². The van der Waals surface area contributed by atoms with E-state index in [-0.39, 0.29) is 17.8 Å². The molecule has 31 heavy (non-hydrogen) atoms. The SMILES string of the molecule is Cc1ccn(-c2ccc(-c3nnc(OC4CC5NC(CC(C)C5C)C4F)s3)c(O)c2)n1. The van der Waals surface area contributed by atoms with Crippen molar-refractivity contribution in [1.82, 2.24) is 25.3 Å². The number of piperidine rings is 2. The van der Waals surface area contributed by atoms with Gasteiger partial charge in [-0.15, -0.1) is 5.10 Å². The minimum Gasteiger partial charge on any atom is -0.507 e. The molecule has 5 rings (SSSR count). The molecule has 2 aliphatic heterocycles. The van der Waals surface area contributed by atoms with Crippen LogP contribution in [0.25, 0.3) is 16.3 Å². The fourth-order valence-corrected chi connectivity index (χ4v) is 5.44. The van der Waals surface area contributed by atoms with Gasteiger partial charge in [-0.2, -0.15) is 5.10 Å². The standard InChI is InChI=1S/C22H26FN5O2S/c1-11-8-17-20(23)19(10-16(24-17)13(11)3)30-22-26-25-21(31-22)15-5-4-14(9-18(15)29)28-7-6-12(2)27-28/h4-7,9,11,13,16-17,19-20,24,29H,8,10H2,1-3H3. The van der Waals surface area contributed by atoms with Crippen LogP contribution in [0.3, 0.4) is 0 Å². The topological polar surface area (TPSA) is 85.1 Å². The van der Waals surface area contributed by atoms with E-state index in [1.807, 2.05) is 25.3 Å². The number of halogens is 1. The van der Waals surface area contributed by atoms with E-state index in [1.165, 1.54) is 11.3 Å². The molecule has 2 saturated heterocycles. The van der Waals surface area contributed by atoms with Crippen LogP contribution in [0.5, 0.6) is 10.9 Å². The van der Waals surface area contributed by atoms with Gasteiger partial charge in [0.1, 0.15) is 11.9 Å². The number of fused-ring (bicyclic) bond motifs is 2. The Morgan fingerprint density at radius 3 is 2.77 bits per heavy atom. The third-order valence-corrected chi connectivity index (χ3v) is 7.52. The molecule has 2 aromatic heterocycles. The maximum atomic E-state index is 15.0. The number of ether oxygens (including phenoxy) is 1. The Labute approximate surface area is 184 Å². The van der Waals surface area contributed by atoms with Gasteiger partial charge < -0.3 is 15.2 Å². The van der Waals surface area contributed by atoms with Crippen LogP contribution in [0.2, 0.25) is 0 Å². The van der Waals surface area contributed by atoms with Gasteiger partial charge in [0.15, 0.2) is 11.2 Å². The predicted molar refractivity (Wildman–Crippen MR) is 116 cm³/mol. The largest absolute Gasteiger partial charge is 0.507 e. The first-order valence-corrected chi connectivity index (χ1v) is 11.5. The molecule has 6 atom stereocenters. The Hall–Kier alpha value is -2.52. The Morgan fingerprint density at radius 2 is 2.03 bits per heavy atom. The summed E-state index contributed by atoms with van der Waals surface area (Å²) < 4.78 is 22.7. The third kappa shape index (κ3) is 3.80. The van der Waals surface area contributed by atoms with E-state index in [2.05, 4.69) is 34.5 Å². The number of hydrogen-bond donors (Lipinski definition) is 2. The van der Waals surface area contributed by atoms with E-state index in [9.17, 15) is 5.11 Å². The van der Waals surface area contributed by atoms with Crippen molar-refractivity contribution in [3.8, 4) is 27.2 Å². The van der Waals surface area contributed by atoms with E-state index in [0.717, 1.165) is 17.8 Å². The number of rotatable bonds is 4. The van der Waals surface area contributed by atoms with Crippen molar-refractivity contribution in [2.24, 2.45) is 11.8 Å². The van der Waals surface area contributed by atoms with Gasteiger partial charge >= 0.3 is 0 Å². The molecule has 0 radical (unpaired) electrons. The molecule has 0 amide bonds. The van der Waals surface area contributed by atoms with Gasteiger partial charge in [-0.05, 0) is 43.4 Å². The lowest BCUT2D eigenvalue weighted by Gasteiger charge is -2.47. The van der Waals surface area contributed by atoms with Crippen LogP contribution < -0.4 is 10.1 Å². The molecule has 6 unspecified atom stereocenters. The van der Waals surface area contributed by atoms with Crippen LogP contribution in [0.1, 0.15) is 32.4 Å². The third-order valence-electron chi connectivity index (χ3n) is 6.67. The van der Waals surface area contributed by atoms with Crippen molar-refractivity contribution in [1.29, 1.82) is 0 Å². The molecule has 0 spiro atoms. The summed E-state index contributed by atoms with van der Waals surface area (Å²) in [6.45, 7) is 6.32. The average molecular weight is 444 g/mol. The minimum atomic E-state index is -1.08. The molecule has 164 valence electrons. The highest BCUT2D eigenvalue weighted by Crippen LogP contribution is 2.39. The van der Waals surface area contributed by atoms with Gasteiger partial charge in [0.05, 0.1) is 16.9 Å². The number of nitrogens with zero attached hydrogens (tertiary/aromatic N) is 4. The number of phenols is 1. The fourth-order valence-electron chi connectivity index (χ4n) is 4.66. The van der Waals surface area contributed by atoms with E-state index in [4.69, 9.17) is 4.74 Å². The molecular formula is C22H26FN5O2S. The molecule has 2 fully saturated rings. The van der Waals surface area contributed by atoms with Crippen LogP contribution in [0.4, 0.5) is 4.39 Å². The highest BCUT2D eigenvalue weighted by atomic mass is 32.1. The van der Waals surface area contributed by atoms with Gasteiger partial charge in [-0.3, -0.25) is 0 Å². The second-order valence-corrected chi connectivity index (χ2v) is 9.70. The number of nitrogens with one attached hydrogen (secondary N) is 1. The number of alkyl halides is 1. The number of phenolic OH excluding ortho intramolecular Hbond substituents is 1. The Bertz CT molecular complexity index is 1080. The maximum Gasteiger partial charge on any atom is 0.294 e. The molecule has 3 aromatic rings. The number of aryl methyl sites for hydroxylation is 1. The molecule has 0 aliphatic carbocycles. The van der Waals surface area contributed by atoms with Gasteiger partial charge in [0.25, 0.3) is 5.19 Å². The highest BCUT2D eigenvalue weighted by Gasteiger charge is 2.46. The van der Waals surface area contributed by atoms with Gasteiger partial charge in [0.2, 0.25) is 0 Å². The summed E-state index contributed by atoms with van der Waals surface area (Å²) in [4.78, 5) is 0. The van der Waals surface area contributed by atoms with Crippen molar-refractivity contribution in [2.75, 3.05) is 0 Å². The predicted octanol–water partition coefficient (Wildman–Crippen LogP) is 3.90. The average Bonchev–Trinajstić information content (AvgIpc) is 3.38. The lowest BCUT2D eigenvalue weighted by atomic mass is 9.73. The molecule has 0 saturated carbocycles. The van der Waals surface area contributed by atoms with Crippen molar-refractivity contribution < 1.29 is 14.2 Å². The molecule has 9 heteroatoms. The van der Waals surface area contributed by atoms with Crippen LogP contribution in [0, 0.1) is 18.8 Å². The van der Waals surface area contributed by atoms with E-state index < -0.39 is 12.3 Å². The quantitative estimate of drug-likeness (QED) is 0.636. The van der Waals surface area contributed by atoms with Gasteiger partial charge in [-0.1, -0.05) is 30.3 Å². The molecule has 2 N–H and O–H groups in total. The lowest BCUT2D eigenvalue weighted by molar-refractivity contribution is -0.0201. The normalized spacial score (nSPS) is 30.3. The smallest absolute Gasteiger partial charge is 0.294 e. The molecule has 2 aliphatic rings. The zero-order valence-electron chi connectivity index (χ0n) is 17.7. The molecular weight excluding hydrogens is 417 g/mol. The van der Waals surface area contributed by atoms with Crippen molar-refractivity contribution >= 4 is 11.3 Å². The lowest BCUT2D eigenvalue weighted by Crippen LogP contribution is -2.63. The second kappa shape index (κ2) is 7.87. The first-order valence-electron chi connectivity index (χ1n) is 10.7. The minimum absolute atomic E-state index is 0.0796. The van der Waals surface area contributed by atoms with Crippen LogP contribution in [0.15, 0.2) is 30.5 Å². The number of benzene rings is 1. The fraction of sp³-hybridized carbons (Fsp3) is 0.500. The van der Waals surface area contributed by atoms with E-state index in [1.54, 1.807) is 16.8 Å². The van der Waals surface area contributed by atoms with Crippen molar-refractivity contribution in [3.05, 3.63) is 36.2 Å². The van der Waals surface area contributed by atoms with Gasteiger partial charge in [0, 0.05) is 30.8 Å². The monoisotopic (exact) mass is 443 g/mol. The summed E-state index contributed by atoms with van der Waals surface area (Å²) in [6, 6.07) is 7.25. The zero-order chi connectivity index (χ0) is 21.7. The Kier molecular flexibility index (Phi) is 5.18. The number of hydrogen-bond acceptors (Lipinski definition) is 7. The van der Waals surface area contributed by atoms with E-state index in [0.29, 0.717) is 34.0 Å². The number of aromatic hydroxyl groups is 1. The Morgan fingerprint density at radius 1 is 1.19 bits per heavy atom. The molecule has 4 heterocycles. The van der Waals surface area contributed by atoms with E-state index >= 15 is 4.39 Å². The Balaban J connectivity index is 1.32. The van der Waals surface area contributed by atoms with Gasteiger partial charge in [-0.25, -0.2) is 9.07 Å². The van der Waals surface area contributed by atoms with Crippen LogP contribution in [-0.2, 0) is 0 Å². The summed E-state index contributed by atoms with van der Waals surface area (Å²) in [7, 11) is 0. The molecule has 1 aromatic carbocycles. The first kappa shape index (κ1) is 20.4. The number of aromatic nitrogens is 4. The van der Waals surface area contributed by atoms with Crippen LogP contribution in [-0.4, -0.2) is 49.4 Å². The van der Waals surface area contributed by atoms with Crippen LogP contribution >= 0.6 is 11.3 Å². The maximum absolute atomic E-state index is 15.0. The molecule has 7 nitrogen and oxygen atoms in total. The second-order valence-electron chi connectivity index (χ2n) is 8.76. The zero-order valence-corrected chi connectivity index (χ0v) is 18.5.